The smallest absolute Gasteiger partial charge is 0.355 e. The molecule has 12 heteroatoms. The Balaban J connectivity index is 1.34. The van der Waals surface area contributed by atoms with Crippen LogP contribution >= 0.6 is 0 Å². The molecule has 3 heterocycles. The maximum Gasteiger partial charge on any atom is 0.453 e. The minimum Gasteiger partial charge on any atom is -0.355 e. The van der Waals surface area contributed by atoms with Gasteiger partial charge in [-0.1, -0.05) is 18.2 Å². The summed E-state index contributed by atoms with van der Waals surface area (Å²) < 4.78 is 40.0. The summed E-state index contributed by atoms with van der Waals surface area (Å²) in [6.45, 7) is 0.824. The van der Waals surface area contributed by atoms with Crippen molar-refractivity contribution >= 4 is 29.0 Å². The minimum atomic E-state index is -4.66. The largest absolute Gasteiger partial charge is 0.453 e. The highest BCUT2D eigenvalue weighted by atomic mass is 19.4. The van der Waals surface area contributed by atoms with E-state index >= 15 is 0 Å². The summed E-state index contributed by atoms with van der Waals surface area (Å²) in [5.41, 5.74) is 0.662. The van der Waals surface area contributed by atoms with Gasteiger partial charge in [-0.25, -0.2) is 0 Å². The molecule has 1 N–H and O–H groups in total. The van der Waals surface area contributed by atoms with Gasteiger partial charge in [0.25, 0.3) is 5.82 Å². The van der Waals surface area contributed by atoms with Gasteiger partial charge in [-0.05, 0) is 37.1 Å². The van der Waals surface area contributed by atoms with Crippen molar-refractivity contribution in [1.82, 2.24) is 24.7 Å². The number of rotatable bonds is 5. The monoisotopic (exact) mass is 461 g/mol. The first kappa shape index (κ1) is 22.5. The van der Waals surface area contributed by atoms with Crippen LogP contribution in [0.3, 0.4) is 0 Å². The van der Waals surface area contributed by atoms with Crippen molar-refractivity contribution in [1.29, 1.82) is 0 Å². The van der Waals surface area contributed by atoms with E-state index < -0.39 is 12.0 Å². The van der Waals surface area contributed by atoms with Gasteiger partial charge < -0.3 is 15.1 Å². The molecule has 0 aliphatic carbocycles. The van der Waals surface area contributed by atoms with Crippen LogP contribution in [0.1, 0.15) is 18.7 Å². The number of benzene rings is 1. The molecule has 0 bridgehead atoms. The molecule has 1 saturated heterocycles. The van der Waals surface area contributed by atoms with Gasteiger partial charge >= 0.3 is 6.18 Å². The number of amides is 2. The van der Waals surface area contributed by atoms with Gasteiger partial charge in [0, 0.05) is 31.7 Å². The molecule has 2 aromatic heterocycles. The molecular formula is C21H22F3N7O2. The third-order valence-electron chi connectivity index (χ3n) is 5.49. The van der Waals surface area contributed by atoms with Crippen molar-refractivity contribution in [2.75, 3.05) is 36.9 Å². The van der Waals surface area contributed by atoms with Gasteiger partial charge in [0.1, 0.15) is 5.82 Å². The highest BCUT2D eigenvalue weighted by molar-refractivity contribution is 5.94. The lowest BCUT2D eigenvalue weighted by atomic mass is 9.95. The molecule has 0 saturated carbocycles. The van der Waals surface area contributed by atoms with E-state index in [1.807, 2.05) is 11.0 Å². The molecule has 9 nitrogen and oxygen atoms in total. The van der Waals surface area contributed by atoms with Gasteiger partial charge in [-0.15, -0.1) is 15.3 Å². The number of carbonyl (C=O) groups excluding carboxylic acids is 2. The molecule has 33 heavy (non-hydrogen) atoms. The predicted molar refractivity (Wildman–Crippen MR) is 113 cm³/mol. The molecule has 0 spiro atoms. The fraction of sp³-hybridized carbons (Fsp3) is 0.381. The van der Waals surface area contributed by atoms with E-state index in [1.165, 1.54) is 11.0 Å². The number of nitrogens with zero attached hydrogens (tertiary/aromatic N) is 6. The summed E-state index contributed by atoms with van der Waals surface area (Å²) in [6, 6.07) is 12.0. The van der Waals surface area contributed by atoms with Crippen LogP contribution in [-0.2, 0) is 15.8 Å². The van der Waals surface area contributed by atoms with Crippen molar-refractivity contribution in [2.45, 2.75) is 19.0 Å². The summed E-state index contributed by atoms with van der Waals surface area (Å²) in [4.78, 5) is 28.2. The second-order valence-corrected chi connectivity index (χ2v) is 7.85. The zero-order valence-corrected chi connectivity index (χ0v) is 17.8. The Morgan fingerprint density at radius 1 is 1.09 bits per heavy atom. The van der Waals surface area contributed by atoms with Crippen molar-refractivity contribution in [2.24, 2.45) is 5.92 Å². The van der Waals surface area contributed by atoms with Crippen LogP contribution in [-0.4, -0.2) is 63.2 Å². The molecule has 4 rings (SSSR count). The zero-order valence-electron chi connectivity index (χ0n) is 17.8. The first-order valence-electron chi connectivity index (χ1n) is 10.4. The molecule has 174 valence electrons. The number of alkyl halides is 3. The number of halogens is 3. The fourth-order valence-corrected chi connectivity index (χ4v) is 3.81. The molecule has 3 aromatic rings. The quantitative estimate of drug-likeness (QED) is 0.627. The van der Waals surface area contributed by atoms with Gasteiger partial charge in [-0.3, -0.25) is 9.59 Å². The number of hydrogen-bond donors (Lipinski definition) is 1. The van der Waals surface area contributed by atoms with E-state index in [1.54, 1.807) is 37.4 Å². The second-order valence-electron chi connectivity index (χ2n) is 7.85. The normalized spacial score (nSPS) is 15.0. The lowest BCUT2D eigenvalue weighted by Gasteiger charge is -2.33. The Morgan fingerprint density at radius 2 is 1.79 bits per heavy atom. The van der Waals surface area contributed by atoms with Crippen LogP contribution in [0.15, 0.2) is 42.5 Å². The average Bonchev–Trinajstić information content (AvgIpc) is 3.23. The van der Waals surface area contributed by atoms with Crippen molar-refractivity contribution < 1.29 is 22.8 Å². The number of aromatic nitrogens is 4. The van der Waals surface area contributed by atoms with Gasteiger partial charge in [-0.2, -0.15) is 17.7 Å². The van der Waals surface area contributed by atoms with Crippen molar-refractivity contribution in [3.8, 4) is 0 Å². The average molecular weight is 461 g/mol. The topological polar surface area (TPSA) is 95.7 Å². The van der Waals surface area contributed by atoms with Crippen LogP contribution in [0.2, 0.25) is 0 Å². The number of nitrogens with one attached hydrogen (secondary N) is 1. The molecule has 1 aromatic carbocycles. The van der Waals surface area contributed by atoms with E-state index in [0.29, 0.717) is 42.0 Å². The standard InChI is InChI=1S/C21H22F3N7O2/c1-29(13-18(32)25-15-5-3-2-4-6-15)19(33)14-9-11-30(12-10-14)17-8-7-16-26-27-20(21(22,23)24)31(16)28-17/h2-8,14H,9-13H2,1H3,(H,25,32). The number of para-hydroxylation sites is 1. The first-order valence-corrected chi connectivity index (χ1v) is 10.4. The van der Waals surface area contributed by atoms with Gasteiger partial charge in [0.05, 0.1) is 6.54 Å². The molecule has 1 aliphatic rings. The molecule has 1 fully saturated rings. The Labute approximate surface area is 187 Å². The molecule has 2 amide bonds. The predicted octanol–water partition coefficient (Wildman–Crippen LogP) is 2.46. The maximum absolute atomic E-state index is 13.1. The zero-order chi connectivity index (χ0) is 23.6. The number of piperidine rings is 1. The van der Waals surface area contributed by atoms with Crippen LogP contribution in [0.5, 0.6) is 0 Å². The number of carbonyl (C=O) groups is 2. The number of likely N-dealkylation sites (N-methyl/N-ethyl adjacent to an activating group) is 1. The van der Waals surface area contributed by atoms with Crippen LogP contribution in [0, 0.1) is 5.92 Å². The molecule has 1 aliphatic heterocycles. The number of fused-ring (bicyclic) bond motifs is 1. The summed E-state index contributed by atoms with van der Waals surface area (Å²) in [5, 5.41) is 13.5. The highest BCUT2D eigenvalue weighted by Crippen LogP contribution is 2.29. The first-order chi connectivity index (χ1) is 15.7. The summed E-state index contributed by atoms with van der Waals surface area (Å²) in [6.07, 6.45) is -3.67. The molecule has 0 atom stereocenters. The summed E-state index contributed by atoms with van der Waals surface area (Å²) in [5.74, 6) is -1.53. The fourth-order valence-electron chi connectivity index (χ4n) is 3.81. The van der Waals surface area contributed by atoms with E-state index in [9.17, 15) is 22.8 Å². The Hall–Kier alpha value is -3.70. The Morgan fingerprint density at radius 3 is 2.45 bits per heavy atom. The molecule has 0 unspecified atom stereocenters. The lowest BCUT2D eigenvalue weighted by Crippen LogP contribution is -2.43. The Bertz CT molecular complexity index is 1140. The minimum absolute atomic E-state index is 0.00606. The third-order valence-corrected chi connectivity index (χ3v) is 5.49. The SMILES string of the molecule is CN(CC(=O)Nc1ccccc1)C(=O)C1CCN(c2ccc3nnc(C(F)(F)F)n3n2)CC1. The lowest BCUT2D eigenvalue weighted by molar-refractivity contribution is -0.146. The Kier molecular flexibility index (Phi) is 6.16. The highest BCUT2D eigenvalue weighted by Gasteiger charge is 2.38. The van der Waals surface area contributed by atoms with Crippen LogP contribution < -0.4 is 10.2 Å². The van der Waals surface area contributed by atoms with Crippen LogP contribution in [0.4, 0.5) is 24.7 Å². The van der Waals surface area contributed by atoms with Crippen LogP contribution in [0.25, 0.3) is 5.65 Å². The summed E-state index contributed by atoms with van der Waals surface area (Å²) >= 11 is 0. The van der Waals surface area contributed by atoms with Crippen molar-refractivity contribution in [3.05, 3.63) is 48.3 Å². The van der Waals surface area contributed by atoms with E-state index in [2.05, 4.69) is 20.6 Å². The molecular weight excluding hydrogens is 439 g/mol. The summed E-state index contributed by atoms with van der Waals surface area (Å²) in [7, 11) is 1.58. The number of anilines is 2. The van der Waals surface area contributed by atoms with Gasteiger partial charge in [0.2, 0.25) is 11.8 Å². The van der Waals surface area contributed by atoms with E-state index in [4.69, 9.17) is 0 Å². The molecule has 0 radical (unpaired) electrons. The number of hydrogen-bond acceptors (Lipinski definition) is 6. The van der Waals surface area contributed by atoms with E-state index in [0.717, 1.165) is 0 Å². The maximum atomic E-state index is 13.1. The van der Waals surface area contributed by atoms with Crippen molar-refractivity contribution in [3.63, 3.8) is 0 Å². The third kappa shape index (κ3) is 5.04. The van der Waals surface area contributed by atoms with E-state index in [-0.39, 0.29) is 29.9 Å². The van der Waals surface area contributed by atoms with Gasteiger partial charge in [0.15, 0.2) is 5.65 Å². The second kappa shape index (κ2) is 9.04.